The van der Waals surface area contributed by atoms with Gasteiger partial charge in [0.1, 0.15) is 5.75 Å². The second-order valence-electron chi connectivity index (χ2n) is 14.0. The summed E-state index contributed by atoms with van der Waals surface area (Å²) in [5.74, 6) is 0.845. The quantitative estimate of drug-likeness (QED) is 0.126. The van der Waals surface area contributed by atoms with Crippen molar-refractivity contribution in [2.45, 2.75) is 32.6 Å². The van der Waals surface area contributed by atoms with Gasteiger partial charge in [-0.3, -0.25) is 15.0 Å². The van der Waals surface area contributed by atoms with Crippen LogP contribution in [0.4, 0.5) is 0 Å². The molecule has 4 nitrogen and oxygen atoms in total. The zero-order chi connectivity index (χ0) is 37.4. The lowest BCUT2D eigenvalue weighted by molar-refractivity contribution is 0.411. The zero-order valence-corrected chi connectivity index (χ0v) is 31.3. The maximum atomic E-state index is 5.57. The standard InChI is InChI=1S/C51H43N3O/c1-36-35-54-50(34-51(36)55-2)44-27-25-41(26-28-44)46-9-3-4-10-47(46)45-32-39(15-13-37-17-21-42(22-18-37)48-11-5-7-29-52-48)31-40(33-45)16-14-38-19-23-43(24-20-38)49-12-6-8-30-53-49/h3-12,17-35H,13-16H2,1-2H3. The topological polar surface area (TPSA) is 47.9 Å². The van der Waals surface area contributed by atoms with Gasteiger partial charge in [0.25, 0.3) is 0 Å². The van der Waals surface area contributed by atoms with Crippen LogP contribution in [-0.4, -0.2) is 22.1 Å². The third kappa shape index (κ3) is 8.45. The van der Waals surface area contributed by atoms with Gasteiger partial charge in [-0.25, -0.2) is 0 Å². The molecule has 0 aliphatic rings. The normalized spacial score (nSPS) is 11.0. The van der Waals surface area contributed by atoms with Crippen molar-refractivity contribution in [3.05, 3.63) is 204 Å². The first-order valence-electron chi connectivity index (χ1n) is 18.9. The van der Waals surface area contributed by atoms with E-state index in [-0.39, 0.29) is 0 Å². The minimum Gasteiger partial charge on any atom is -0.496 e. The van der Waals surface area contributed by atoms with E-state index in [4.69, 9.17) is 4.74 Å². The Balaban J connectivity index is 1.08. The number of aryl methyl sites for hydroxylation is 5. The maximum absolute atomic E-state index is 5.57. The number of nitrogens with zero attached hydrogens (tertiary/aromatic N) is 3. The van der Waals surface area contributed by atoms with Gasteiger partial charge in [-0.2, -0.15) is 0 Å². The molecule has 8 aromatic rings. The van der Waals surface area contributed by atoms with Crippen molar-refractivity contribution in [3.8, 4) is 61.8 Å². The van der Waals surface area contributed by atoms with E-state index in [9.17, 15) is 0 Å². The molecule has 0 saturated heterocycles. The number of methoxy groups -OCH3 is 1. The zero-order valence-electron chi connectivity index (χ0n) is 31.3. The van der Waals surface area contributed by atoms with Gasteiger partial charge in [-0.15, -0.1) is 0 Å². The molecular weight excluding hydrogens is 671 g/mol. The molecule has 55 heavy (non-hydrogen) atoms. The monoisotopic (exact) mass is 713 g/mol. The summed E-state index contributed by atoms with van der Waals surface area (Å²) in [7, 11) is 1.70. The Hall–Kier alpha value is -6.65. The molecule has 4 heteroatoms. The minimum absolute atomic E-state index is 0.845. The molecule has 0 saturated carbocycles. The van der Waals surface area contributed by atoms with E-state index < -0.39 is 0 Å². The Kier molecular flexibility index (Phi) is 10.7. The highest BCUT2D eigenvalue weighted by Crippen LogP contribution is 2.35. The predicted molar refractivity (Wildman–Crippen MR) is 226 cm³/mol. The summed E-state index contributed by atoms with van der Waals surface area (Å²) in [6.07, 6.45) is 9.38. The van der Waals surface area contributed by atoms with E-state index in [1.54, 1.807) is 7.11 Å². The summed E-state index contributed by atoms with van der Waals surface area (Å²) in [6.45, 7) is 2.01. The molecule has 268 valence electrons. The van der Waals surface area contributed by atoms with E-state index in [2.05, 4.69) is 142 Å². The van der Waals surface area contributed by atoms with Crippen LogP contribution in [0.1, 0.15) is 27.8 Å². The molecule has 0 spiro atoms. The lowest BCUT2D eigenvalue weighted by Crippen LogP contribution is -1.98. The molecule has 0 bridgehead atoms. The highest BCUT2D eigenvalue weighted by molar-refractivity contribution is 5.84. The third-order valence-corrected chi connectivity index (χ3v) is 10.3. The fourth-order valence-corrected chi connectivity index (χ4v) is 7.23. The van der Waals surface area contributed by atoms with Crippen LogP contribution in [0.5, 0.6) is 5.75 Å². The number of benzene rings is 5. The molecule has 0 aliphatic heterocycles. The Labute approximate surface area is 324 Å². The number of rotatable bonds is 12. The predicted octanol–water partition coefficient (Wildman–Crippen LogP) is 12.1. The van der Waals surface area contributed by atoms with Crippen LogP contribution in [0.25, 0.3) is 56.0 Å². The van der Waals surface area contributed by atoms with Crippen LogP contribution in [0, 0.1) is 6.92 Å². The van der Waals surface area contributed by atoms with Crippen molar-refractivity contribution in [2.24, 2.45) is 0 Å². The lowest BCUT2D eigenvalue weighted by Gasteiger charge is -2.15. The van der Waals surface area contributed by atoms with Gasteiger partial charge < -0.3 is 4.74 Å². The van der Waals surface area contributed by atoms with Gasteiger partial charge in [-0.05, 0) is 101 Å². The fraction of sp³-hybridized carbons (Fsp3) is 0.118. The molecule has 3 aromatic heterocycles. The molecule has 0 unspecified atom stereocenters. The number of hydrogen-bond donors (Lipinski definition) is 0. The summed E-state index contributed by atoms with van der Waals surface area (Å²) in [5, 5.41) is 0. The SMILES string of the molecule is COc1cc(-c2ccc(-c3ccccc3-c3cc(CCc4ccc(-c5ccccn5)cc4)cc(CCc4ccc(-c5ccccn5)cc4)c3)cc2)ncc1C. The molecular formula is C51H43N3O. The number of aromatic nitrogens is 3. The molecule has 3 heterocycles. The van der Waals surface area contributed by atoms with Gasteiger partial charge in [0, 0.05) is 46.9 Å². The highest BCUT2D eigenvalue weighted by Gasteiger charge is 2.12. The van der Waals surface area contributed by atoms with Crippen molar-refractivity contribution in [3.63, 3.8) is 0 Å². The van der Waals surface area contributed by atoms with Crippen molar-refractivity contribution in [2.75, 3.05) is 7.11 Å². The van der Waals surface area contributed by atoms with Crippen LogP contribution >= 0.6 is 0 Å². The molecule has 0 fully saturated rings. The largest absolute Gasteiger partial charge is 0.496 e. The van der Waals surface area contributed by atoms with E-state index in [1.807, 2.05) is 55.8 Å². The lowest BCUT2D eigenvalue weighted by atomic mass is 9.90. The van der Waals surface area contributed by atoms with Crippen molar-refractivity contribution >= 4 is 0 Å². The van der Waals surface area contributed by atoms with Crippen LogP contribution in [0.15, 0.2) is 176 Å². The van der Waals surface area contributed by atoms with E-state index in [1.165, 1.54) is 44.5 Å². The van der Waals surface area contributed by atoms with E-state index >= 15 is 0 Å². The van der Waals surface area contributed by atoms with E-state index in [0.29, 0.717) is 0 Å². The van der Waals surface area contributed by atoms with Gasteiger partial charge in [-0.1, -0.05) is 127 Å². The molecule has 5 aromatic carbocycles. The third-order valence-electron chi connectivity index (χ3n) is 10.3. The van der Waals surface area contributed by atoms with Crippen molar-refractivity contribution < 1.29 is 4.74 Å². The van der Waals surface area contributed by atoms with Gasteiger partial charge in [0.05, 0.1) is 24.2 Å². The number of hydrogen-bond acceptors (Lipinski definition) is 4. The molecule has 0 amide bonds. The summed E-state index contributed by atoms with van der Waals surface area (Å²) in [5.41, 5.74) is 17.4. The molecule has 0 aliphatic carbocycles. The maximum Gasteiger partial charge on any atom is 0.125 e. The summed E-state index contributed by atoms with van der Waals surface area (Å²) in [6, 6.07) is 56.5. The number of ether oxygens (including phenoxy) is 1. The average Bonchev–Trinajstić information content (AvgIpc) is 3.26. The Morgan fingerprint density at radius 3 is 1.36 bits per heavy atom. The molecule has 0 N–H and O–H groups in total. The smallest absolute Gasteiger partial charge is 0.125 e. The second-order valence-corrected chi connectivity index (χ2v) is 14.0. The van der Waals surface area contributed by atoms with Crippen LogP contribution in [-0.2, 0) is 25.7 Å². The van der Waals surface area contributed by atoms with Crippen molar-refractivity contribution in [1.29, 1.82) is 0 Å². The first-order valence-corrected chi connectivity index (χ1v) is 18.9. The fourth-order valence-electron chi connectivity index (χ4n) is 7.23. The Morgan fingerprint density at radius 2 is 0.855 bits per heavy atom. The second kappa shape index (κ2) is 16.6. The molecule has 0 radical (unpaired) electrons. The van der Waals surface area contributed by atoms with Crippen LogP contribution in [0.2, 0.25) is 0 Å². The minimum atomic E-state index is 0.845. The van der Waals surface area contributed by atoms with Crippen LogP contribution < -0.4 is 4.74 Å². The van der Waals surface area contributed by atoms with Crippen molar-refractivity contribution in [1.82, 2.24) is 15.0 Å². The summed E-state index contributed by atoms with van der Waals surface area (Å²) < 4.78 is 5.57. The average molecular weight is 714 g/mol. The van der Waals surface area contributed by atoms with Gasteiger partial charge in [0.15, 0.2) is 0 Å². The Morgan fingerprint density at radius 1 is 0.400 bits per heavy atom. The number of pyridine rings is 3. The van der Waals surface area contributed by atoms with Crippen LogP contribution in [0.3, 0.4) is 0 Å². The highest BCUT2D eigenvalue weighted by atomic mass is 16.5. The first-order chi connectivity index (χ1) is 27.1. The summed E-state index contributed by atoms with van der Waals surface area (Å²) >= 11 is 0. The van der Waals surface area contributed by atoms with Gasteiger partial charge >= 0.3 is 0 Å². The summed E-state index contributed by atoms with van der Waals surface area (Å²) in [4.78, 5) is 13.7. The van der Waals surface area contributed by atoms with Gasteiger partial charge in [0.2, 0.25) is 0 Å². The first kappa shape index (κ1) is 35.4. The molecule has 0 atom stereocenters. The Bertz CT molecular complexity index is 2390. The molecule has 8 rings (SSSR count). The van der Waals surface area contributed by atoms with E-state index in [0.717, 1.165) is 70.8 Å².